The molecule has 0 aliphatic rings. The molecule has 2 aromatic heterocycles. The minimum atomic E-state index is 0.667. The summed E-state index contributed by atoms with van der Waals surface area (Å²) in [6.07, 6.45) is 3.45. The van der Waals surface area contributed by atoms with Gasteiger partial charge in [-0.05, 0) is 42.0 Å². The van der Waals surface area contributed by atoms with Crippen molar-refractivity contribution in [1.82, 2.24) is 9.97 Å². The Hall–Kier alpha value is -2.13. The quantitative estimate of drug-likeness (QED) is 0.677. The van der Waals surface area contributed by atoms with E-state index in [1.807, 2.05) is 24.3 Å². The lowest BCUT2D eigenvalue weighted by molar-refractivity contribution is 1.29. The Morgan fingerprint density at radius 3 is 2.67 bits per heavy atom. The lowest BCUT2D eigenvalue weighted by Gasteiger charge is -2.08. The third-order valence-electron chi connectivity index (χ3n) is 2.80. The first-order chi connectivity index (χ1) is 8.75. The number of hydrogen-bond acceptors (Lipinski definition) is 3. The van der Waals surface area contributed by atoms with Crippen molar-refractivity contribution in [3.05, 3.63) is 53.8 Å². The van der Waals surface area contributed by atoms with Crippen molar-refractivity contribution in [2.45, 2.75) is 0 Å². The van der Waals surface area contributed by atoms with Crippen molar-refractivity contribution in [2.24, 2.45) is 0 Å². The van der Waals surface area contributed by atoms with Gasteiger partial charge in [-0.25, -0.2) is 9.97 Å². The lowest BCUT2D eigenvalue weighted by Crippen LogP contribution is -1.90. The number of aromatic nitrogens is 2. The second kappa shape index (κ2) is 4.27. The number of hydrogen-bond donors (Lipinski definition) is 1. The van der Waals surface area contributed by atoms with Crippen LogP contribution in [0.5, 0.6) is 0 Å². The van der Waals surface area contributed by atoms with E-state index in [0.717, 1.165) is 16.5 Å². The summed E-state index contributed by atoms with van der Waals surface area (Å²) in [5.74, 6) is 0. The summed E-state index contributed by atoms with van der Waals surface area (Å²) in [4.78, 5) is 8.47. The Labute approximate surface area is 109 Å². The van der Waals surface area contributed by atoms with Crippen LogP contribution >= 0.6 is 11.6 Å². The maximum Gasteiger partial charge on any atom is 0.159 e. The average Bonchev–Trinajstić information content (AvgIpc) is 2.41. The molecule has 0 fully saturated rings. The normalized spacial score (nSPS) is 10.7. The van der Waals surface area contributed by atoms with Crippen LogP contribution in [-0.4, -0.2) is 9.97 Å². The molecular formula is C14H10ClN3. The number of halogens is 1. The van der Waals surface area contributed by atoms with Gasteiger partial charge in [-0.3, -0.25) is 0 Å². The predicted molar refractivity (Wildman–Crippen MR) is 74.4 cm³/mol. The van der Waals surface area contributed by atoms with Gasteiger partial charge in [-0.1, -0.05) is 11.6 Å². The van der Waals surface area contributed by atoms with Crippen LogP contribution in [0, 0.1) is 0 Å². The fourth-order valence-corrected chi connectivity index (χ4v) is 2.19. The van der Waals surface area contributed by atoms with Gasteiger partial charge in [0.1, 0.15) is 0 Å². The van der Waals surface area contributed by atoms with E-state index in [4.69, 9.17) is 17.3 Å². The SMILES string of the molecule is Nc1ccc(Cl)c(-c2ccnc3ncccc23)c1. The fourth-order valence-electron chi connectivity index (χ4n) is 1.97. The minimum Gasteiger partial charge on any atom is -0.399 e. The van der Waals surface area contributed by atoms with Crippen LogP contribution in [0.4, 0.5) is 5.69 Å². The smallest absolute Gasteiger partial charge is 0.159 e. The molecular weight excluding hydrogens is 246 g/mol. The first kappa shape index (κ1) is 11.0. The van der Waals surface area contributed by atoms with Crippen LogP contribution < -0.4 is 5.73 Å². The highest BCUT2D eigenvalue weighted by molar-refractivity contribution is 6.33. The monoisotopic (exact) mass is 255 g/mol. The number of nitrogens with zero attached hydrogens (tertiary/aromatic N) is 2. The third kappa shape index (κ3) is 1.79. The molecule has 3 rings (SSSR count). The summed E-state index contributed by atoms with van der Waals surface area (Å²) in [5.41, 5.74) is 9.10. The Morgan fingerprint density at radius 1 is 0.944 bits per heavy atom. The Bertz CT molecular complexity index is 720. The van der Waals surface area contributed by atoms with Crippen molar-refractivity contribution >= 4 is 28.3 Å². The van der Waals surface area contributed by atoms with Gasteiger partial charge in [0.2, 0.25) is 0 Å². The molecule has 0 spiro atoms. The van der Waals surface area contributed by atoms with Crippen LogP contribution in [0.2, 0.25) is 5.02 Å². The van der Waals surface area contributed by atoms with Crippen LogP contribution in [0.15, 0.2) is 48.8 Å². The maximum atomic E-state index is 6.23. The molecule has 4 heteroatoms. The molecule has 0 atom stereocenters. The molecule has 0 radical (unpaired) electrons. The first-order valence-electron chi connectivity index (χ1n) is 5.51. The van der Waals surface area contributed by atoms with Gasteiger partial charge >= 0.3 is 0 Å². The van der Waals surface area contributed by atoms with Crippen molar-refractivity contribution in [2.75, 3.05) is 5.73 Å². The molecule has 3 nitrogen and oxygen atoms in total. The van der Waals surface area contributed by atoms with E-state index in [1.54, 1.807) is 24.5 Å². The Morgan fingerprint density at radius 2 is 1.78 bits per heavy atom. The van der Waals surface area contributed by atoms with E-state index in [-0.39, 0.29) is 0 Å². The minimum absolute atomic E-state index is 0.667. The predicted octanol–water partition coefficient (Wildman–Crippen LogP) is 3.53. The van der Waals surface area contributed by atoms with Gasteiger partial charge in [0.15, 0.2) is 5.65 Å². The molecule has 1 aromatic carbocycles. The molecule has 0 bridgehead atoms. The summed E-state index contributed by atoms with van der Waals surface area (Å²) >= 11 is 6.23. The van der Waals surface area contributed by atoms with E-state index < -0.39 is 0 Å². The highest BCUT2D eigenvalue weighted by Gasteiger charge is 2.08. The van der Waals surface area contributed by atoms with Gasteiger partial charge in [-0.15, -0.1) is 0 Å². The number of anilines is 1. The van der Waals surface area contributed by atoms with E-state index in [9.17, 15) is 0 Å². The molecule has 0 saturated heterocycles. The number of nitrogens with two attached hydrogens (primary N) is 1. The van der Waals surface area contributed by atoms with Crippen molar-refractivity contribution in [3.8, 4) is 11.1 Å². The van der Waals surface area contributed by atoms with Crippen molar-refractivity contribution in [3.63, 3.8) is 0 Å². The van der Waals surface area contributed by atoms with Crippen molar-refractivity contribution < 1.29 is 0 Å². The molecule has 18 heavy (non-hydrogen) atoms. The summed E-state index contributed by atoms with van der Waals surface area (Å²) in [5, 5.41) is 1.63. The van der Waals surface area contributed by atoms with Crippen LogP contribution in [0.1, 0.15) is 0 Å². The van der Waals surface area contributed by atoms with E-state index in [2.05, 4.69) is 9.97 Å². The lowest BCUT2D eigenvalue weighted by atomic mass is 10.0. The molecule has 0 saturated carbocycles. The Balaban J connectivity index is 2.35. The maximum absolute atomic E-state index is 6.23. The number of nitrogen functional groups attached to an aromatic ring is 1. The second-order valence-corrected chi connectivity index (χ2v) is 4.38. The molecule has 0 aliphatic carbocycles. The molecule has 0 amide bonds. The zero-order valence-corrected chi connectivity index (χ0v) is 10.2. The van der Waals surface area contributed by atoms with Gasteiger partial charge in [0.25, 0.3) is 0 Å². The highest BCUT2D eigenvalue weighted by Crippen LogP contribution is 2.33. The molecule has 3 aromatic rings. The van der Waals surface area contributed by atoms with Gasteiger partial charge in [-0.2, -0.15) is 0 Å². The summed E-state index contributed by atoms with van der Waals surface area (Å²) in [6.45, 7) is 0. The van der Waals surface area contributed by atoms with Gasteiger partial charge in [0.05, 0.1) is 0 Å². The largest absolute Gasteiger partial charge is 0.399 e. The first-order valence-corrected chi connectivity index (χ1v) is 5.88. The third-order valence-corrected chi connectivity index (χ3v) is 3.13. The van der Waals surface area contributed by atoms with Gasteiger partial charge in [0, 0.05) is 34.1 Å². The zero-order chi connectivity index (χ0) is 12.5. The van der Waals surface area contributed by atoms with Crippen LogP contribution in [-0.2, 0) is 0 Å². The molecule has 0 unspecified atom stereocenters. The molecule has 2 N–H and O–H groups in total. The average molecular weight is 256 g/mol. The summed E-state index contributed by atoms with van der Waals surface area (Å²) < 4.78 is 0. The zero-order valence-electron chi connectivity index (χ0n) is 9.47. The Kier molecular flexibility index (Phi) is 2.61. The highest BCUT2D eigenvalue weighted by atomic mass is 35.5. The van der Waals surface area contributed by atoms with E-state index in [0.29, 0.717) is 16.4 Å². The second-order valence-electron chi connectivity index (χ2n) is 3.97. The standard InChI is InChI=1S/C14H10ClN3/c15-13-4-3-9(16)8-12(13)10-5-7-18-14-11(10)2-1-6-17-14/h1-8H,16H2. The number of fused-ring (bicyclic) bond motifs is 1. The van der Waals surface area contributed by atoms with E-state index in [1.165, 1.54) is 0 Å². The summed E-state index contributed by atoms with van der Waals surface area (Å²) in [7, 11) is 0. The van der Waals surface area contributed by atoms with E-state index >= 15 is 0 Å². The molecule has 0 aliphatic heterocycles. The number of rotatable bonds is 1. The number of benzene rings is 1. The van der Waals surface area contributed by atoms with Crippen molar-refractivity contribution in [1.29, 1.82) is 0 Å². The van der Waals surface area contributed by atoms with Crippen LogP contribution in [0.25, 0.3) is 22.2 Å². The van der Waals surface area contributed by atoms with Gasteiger partial charge < -0.3 is 5.73 Å². The summed E-state index contributed by atoms with van der Waals surface area (Å²) in [6, 6.07) is 11.2. The topological polar surface area (TPSA) is 51.8 Å². The van der Waals surface area contributed by atoms with Crippen LogP contribution in [0.3, 0.4) is 0 Å². The molecule has 88 valence electrons. The molecule has 2 heterocycles. The number of pyridine rings is 2. The fraction of sp³-hybridized carbons (Fsp3) is 0.